The van der Waals surface area contributed by atoms with Gasteiger partial charge in [-0.3, -0.25) is 9.59 Å². The second-order valence-electron chi connectivity index (χ2n) is 6.64. The Morgan fingerprint density at radius 2 is 1.78 bits per heavy atom. The average molecular weight is 376 g/mol. The van der Waals surface area contributed by atoms with Crippen LogP contribution in [0.15, 0.2) is 42.5 Å². The SMILES string of the molecule is C=C(C(=O)O)C(CC(=O)OCC(CC)CCCC)(C(=O)O)c1ccccc1. The Labute approximate surface area is 159 Å². The molecule has 6 nitrogen and oxygen atoms in total. The summed E-state index contributed by atoms with van der Waals surface area (Å²) in [6.45, 7) is 7.72. The molecule has 2 unspecified atom stereocenters. The van der Waals surface area contributed by atoms with E-state index in [0.717, 1.165) is 25.7 Å². The molecule has 0 aliphatic rings. The first-order chi connectivity index (χ1) is 12.8. The molecule has 0 radical (unpaired) electrons. The van der Waals surface area contributed by atoms with Crippen molar-refractivity contribution in [3.05, 3.63) is 48.0 Å². The van der Waals surface area contributed by atoms with E-state index >= 15 is 0 Å². The van der Waals surface area contributed by atoms with Crippen LogP contribution in [-0.4, -0.2) is 34.7 Å². The quantitative estimate of drug-likeness (QED) is 0.425. The van der Waals surface area contributed by atoms with E-state index in [1.54, 1.807) is 18.2 Å². The zero-order valence-corrected chi connectivity index (χ0v) is 15.9. The van der Waals surface area contributed by atoms with Crippen molar-refractivity contribution in [1.29, 1.82) is 0 Å². The van der Waals surface area contributed by atoms with E-state index in [9.17, 15) is 24.6 Å². The Kier molecular flexibility index (Phi) is 8.72. The first-order valence-corrected chi connectivity index (χ1v) is 9.16. The highest BCUT2D eigenvalue weighted by Crippen LogP contribution is 2.36. The lowest BCUT2D eigenvalue weighted by Crippen LogP contribution is -2.42. The van der Waals surface area contributed by atoms with Crippen molar-refractivity contribution in [1.82, 2.24) is 0 Å². The minimum atomic E-state index is -2.07. The number of esters is 1. The molecule has 2 N–H and O–H groups in total. The summed E-state index contributed by atoms with van der Waals surface area (Å²) in [5.41, 5.74) is -2.47. The summed E-state index contributed by atoms with van der Waals surface area (Å²) in [6, 6.07) is 7.81. The van der Waals surface area contributed by atoms with Crippen molar-refractivity contribution in [2.75, 3.05) is 6.61 Å². The Morgan fingerprint density at radius 3 is 2.26 bits per heavy atom. The average Bonchev–Trinajstić information content (AvgIpc) is 2.66. The van der Waals surface area contributed by atoms with E-state index in [2.05, 4.69) is 13.5 Å². The number of hydrogen-bond acceptors (Lipinski definition) is 4. The van der Waals surface area contributed by atoms with Crippen LogP contribution in [0.4, 0.5) is 0 Å². The highest BCUT2D eigenvalue weighted by molar-refractivity contribution is 6.02. The molecule has 0 aliphatic heterocycles. The lowest BCUT2D eigenvalue weighted by Gasteiger charge is -2.29. The van der Waals surface area contributed by atoms with Gasteiger partial charge < -0.3 is 14.9 Å². The van der Waals surface area contributed by atoms with E-state index in [0.29, 0.717) is 0 Å². The highest BCUT2D eigenvalue weighted by atomic mass is 16.5. The van der Waals surface area contributed by atoms with Crippen LogP contribution in [0.25, 0.3) is 0 Å². The number of ether oxygens (including phenoxy) is 1. The van der Waals surface area contributed by atoms with Gasteiger partial charge in [-0.1, -0.05) is 70.0 Å². The van der Waals surface area contributed by atoms with Gasteiger partial charge in [0.2, 0.25) is 0 Å². The third-order valence-corrected chi connectivity index (χ3v) is 4.84. The fraction of sp³-hybridized carbons (Fsp3) is 0.476. The van der Waals surface area contributed by atoms with Crippen molar-refractivity contribution in [2.45, 2.75) is 51.4 Å². The Balaban J connectivity index is 3.07. The number of unbranched alkanes of at least 4 members (excludes halogenated alkanes) is 1. The molecule has 1 rings (SSSR count). The molecule has 0 saturated heterocycles. The maximum Gasteiger partial charge on any atom is 0.332 e. The van der Waals surface area contributed by atoms with Gasteiger partial charge in [-0.05, 0) is 17.9 Å². The Bertz CT molecular complexity index is 667. The third-order valence-electron chi connectivity index (χ3n) is 4.84. The predicted molar refractivity (Wildman–Crippen MR) is 101 cm³/mol. The molecule has 0 aromatic heterocycles. The van der Waals surface area contributed by atoms with E-state index in [-0.39, 0.29) is 18.1 Å². The van der Waals surface area contributed by atoms with Crippen molar-refractivity contribution >= 4 is 17.9 Å². The van der Waals surface area contributed by atoms with Crippen LogP contribution < -0.4 is 0 Å². The Morgan fingerprint density at radius 1 is 1.15 bits per heavy atom. The van der Waals surface area contributed by atoms with Crippen LogP contribution in [0.2, 0.25) is 0 Å². The highest BCUT2D eigenvalue weighted by Gasteiger charge is 2.48. The van der Waals surface area contributed by atoms with Crippen molar-refractivity contribution in [3.8, 4) is 0 Å². The number of carbonyl (C=O) groups is 3. The second kappa shape index (κ2) is 10.5. The molecule has 0 bridgehead atoms. The first kappa shape index (κ1) is 22.4. The zero-order valence-electron chi connectivity index (χ0n) is 15.9. The third kappa shape index (κ3) is 5.67. The van der Waals surface area contributed by atoms with E-state index < -0.39 is 35.3 Å². The van der Waals surface area contributed by atoms with E-state index in [1.165, 1.54) is 12.1 Å². The summed E-state index contributed by atoms with van der Waals surface area (Å²) in [6.07, 6.45) is 3.21. The lowest BCUT2D eigenvalue weighted by molar-refractivity contribution is -0.154. The van der Waals surface area contributed by atoms with Gasteiger partial charge in [-0.15, -0.1) is 0 Å². The zero-order chi connectivity index (χ0) is 20.4. The maximum atomic E-state index is 12.4. The number of carboxylic acids is 2. The molecule has 1 aromatic rings. The molecule has 0 spiro atoms. The van der Waals surface area contributed by atoms with Crippen molar-refractivity contribution in [3.63, 3.8) is 0 Å². The molecule has 0 heterocycles. The summed E-state index contributed by atoms with van der Waals surface area (Å²) in [5.74, 6) is -3.47. The summed E-state index contributed by atoms with van der Waals surface area (Å²) in [5, 5.41) is 19.2. The number of carbonyl (C=O) groups excluding carboxylic acids is 1. The van der Waals surface area contributed by atoms with Crippen molar-refractivity contribution < 1.29 is 29.3 Å². The van der Waals surface area contributed by atoms with Crippen LogP contribution in [0.1, 0.15) is 51.5 Å². The van der Waals surface area contributed by atoms with Crippen LogP contribution >= 0.6 is 0 Å². The molecule has 2 atom stereocenters. The lowest BCUT2D eigenvalue weighted by atomic mass is 9.72. The summed E-state index contributed by atoms with van der Waals surface area (Å²) in [4.78, 5) is 36.1. The van der Waals surface area contributed by atoms with Gasteiger partial charge in [0.05, 0.1) is 18.6 Å². The molecule has 0 aliphatic carbocycles. The molecule has 0 amide bonds. The fourth-order valence-corrected chi connectivity index (χ4v) is 2.99. The van der Waals surface area contributed by atoms with Crippen LogP contribution in [0.3, 0.4) is 0 Å². The largest absolute Gasteiger partial charge is 0.480 e. The molecule has 1 aromatic carbocycles. The van der Waals surface area contributed by atoms with Gasteiger partial charge in [0.25, 0.3) is 0 Å². The van der Waals surface area contributed by atoms with Crippen LogP contribution in [-0.2, 0) is 24.5 Å². The minimum Gasteiger partial charge on any atom is -0.480 e. The van der Waals surface area contributed by atoms with Crippen molar-refractivity contribution in [2.24, 2.45) is 5.92 Å². The smallest absolute Gasteiger partial charge is 0.332 e. The normalized spacial score (nSPS) is 14.0. The summed E-state index contributed by atoms with van der Waals surface area (Å²) >= 11 is 0. The predicted octanol–water partition coefficient (Wildman–Crippen LogP) is 3.80. The van der Waals surface area contributed by atoms with Gasteiger partial charge in [0.15, 0.2) is 0 Å². The molecular formula is C21H28O6. The molecular weight excluding hydrogens is 348 g/mol. The van der Waals surface area contributed by atoms with Gasteiger partial charge in [-0.2, -0.15) is 0 Å². The van der Waals surface area contributed by atoms with Gasteiger partial charge in [0, 0.05) is 0 Å². The monoisotopic (exact) mass is 376 g/mol. The number of hydrogen-bond donors (Lipinski definition) is 2. The van der Waals surface area contributed by atoms with Crippen LogP contribution in [0.5, 0.6) is 0 Å². The minimum absolute atomic E-state index is 0.180. The number of benzene rings is 1. The molecule has 27 heavy (non-hydrogen) atoms. The molecule has 0 fully saturated rings. The van der Waals surface area contributed by atoms with Gasteiger partial charge in [0.1, 0.15) is 5.41 Å². The molecule has 0 saturated carbocycles. The van der Waals surface area contributed by atoms with Gasteiger partial charge >= 0.3 is 17.9 Å². The van der Waals surface area contributed by atoms with E-state index in [1.807, 2.05) is 6.92 Å². The number of aliphatic carboxylic acids is 2. The second-order valence-corrected chi connectivity index (χ2v) is 6.64. The first-order valence-electron chi connectivity index (χ1n) is 9.16. The maximum absolute atomic E-state index is 12.4. The molecule has 6 heteroatoms. The standard InChI is InChI=1S/C21H28O6/c1-4-6-10-16(5-2)14-27-18(22)13-21(20(25)26,15(3)19(23)24)17-11-8-7-9-12-17/h7-9,11-12,16H,3-6,10,13-14H2,1-2H3,(H,23,24)(H,25,26). The molecule has 148 valence electrons. The number of carboxylic acid groups (broad SMARTS) is 2. The van der Waals surface area contributed by atoms with Gasteiger partial charge in [-0.25, -0.2) is 4.79 Å². The fourth-order valence-electron chi connectivity index (χ4n) is 2.99. The summed E-state index contributed by atoms with van der Waals surface area (Å²) in [7, 11) is 0. The summed E-state index contributed by atoms with van der Waals surface area (Å²) < 4.78 is 5.31. The Hall–Kier alpha value is -2.63. The van der Waals surface area contributed by atoms with E-state index in [4.69, 9.17) is 4.74 Å². The van der Waals surface area contributed by atoms with Crippen LogP contribution in [0, 0.1) is 5.92 Å². The number of rotatable bonds is 12. The topological polar surface area (TPSA) is 101 Å².